The minimum Gasteiger partial charge on any atom is -0.465 e. The molecule has 11 heteroatoms. The Morgan fingerprint density at radius 3 is 2.45 bits per heavy atom. The van der Waals surface area contributed by atoms with Gasteiger partial charge < -0.3 is 15.4 Å². The Morgan fingerprint density at radius 1 is 1.11 bits per heavy atom. The van der Waals surface area contributed by atoms with E-state index < -0.39 is 16.0 Å². The first-order valence-electron chi connectivity index (χ1n) is 12.3. The first kappa shape index (κ1) is 28.7. The van der Waals surface area contributed by atoms with Crippen molar-refractivity contribution in [3.63, 3.8) is 0 Å². The van der Waals surface area contributed by atoms with Crippen molar-refractivity contribution in [1.82, 2.24) is 4.31 Å². The highest BCUT2D eigenvalue weighted by Crippen LogP contribution is 2.46. The minimum absolute atomic E-state index is 0. The summed E-state index contributed by atoms with van der Waals surface area (Å²) in [5, 5.41) is 0.381. The van der Waals surface area contributed by atoms with Gasteiger partial charge in [-0.15, -0.1) is 23.7 Å². The second kappa shape index (κ2) is 11.4. The van der Waals surface area contributed by atoms with E-state index >= 15 is 0 Å². The number of halogens is 2. The summed E-state index contributed by atoms with van der Waals surface area (Å²) in [4.78, 5) is 15.3. The normalized spacial score (nSPS) is 19.8. The van der Waals surface area contributed by atoms with Gasteiger partial charge in [0.05, 0.1) is 23.5 Å². The Kier molecular flexibility index (Phi) is 8.64. The maximum absolute atomic E-state index is 14.1. The molecule has 5 rings (SSSR count). The number of carbonyl (C=O) groups excluding carboxylic acids is 1. The van der Waals surface area contributed by atoms with Gasteiger partial charge in [0.15, 0.2) is 0 Å². The van der Waals surface area contributed by atoms with Crippen molar-refractivity contribution in [3.8, 4) is 10.4 Å². The fourth-order valence-electron chi connectivity index (χ4n) is 5.49. The van der Waals surface area contributed by atoms with E-state index in [1.54, 1.807) is 29.6 Å². The molecule has 1 atom stereocenters. The molecule has 1 saturated carbocycles. The number of anilines is 3. The summed E-state index contributed by atoms with van der Waals surface area (Å²) < 4.78 is 34.7. The number of ether oxygens (including phenoxy) is 1. The SMILES string of the molecule is COC(=O)c1sc(-c2cc3c(cc2Cl)N(c2ccccc2)C[C@@H](C2CCCCC2)N(C)S3(=O)=O)cc1N.Cl. The predicted octanol–water partition coefficient (Wildman–Crippen LogP) is 6.58. The molecule has 0 radical (unpaired) electrons. The van der Waals surface area contributed by atoms with Gasteiger partial charge in [0.2, 0.25) is 10.0 Å². The van der Waals surface area contributed by atoms with Gasteiger partial charge in [-0.25, -0.2) is 13.2 Å². The highest BCUT2D eigenvalue weighted by atomic mass is 35.5. The van der Waals surface area contributed by atoms with Crippen LogP contribution in [0.1, 0.15) is 41.8 Å². The fraction of sp³-hybridized carbons (Fsp3) is 0.370. The number of nitrogens with zero attached hydrogens (tertiary/aromatic N) is 2. The quantitative estimate of drug-likeness (QED) is 0.342. The number of likely N-dealkylation sites (N-methyl/N-ethyl adjacent to an activating group) is 1. The lowest BCUT2D eigenvalue weighted by Crippen LogP contribution is -2.46. The van der Waals surface area contributed by atoms with Crippen molar-refractivity contribution in [3.05, 3.63) is 58.4 Å². The number of hydrogen-bond donors (Lipinski definition) is 1. The molecule has 0 bridgehead atoms. The Balaban J connectivity index is 0.00000336. The van der Waals surface area contributed by atoms with Crippen LogP contribution in [-0.4, -0.2) is 45.4 Å². The number of nitrogen functional groups attached to an aromatic ring is 1. The number of methoxy groups -OCH3 is 1. The van der Waals surface area contributed by atoms with Crippen LogP contribution in [0.15, 0.2) is 53.4 Å². The van der Waals surface area contributed by atoms with Crippen LogP contribution in [0.25, 0.3) is 10.4 Å². The minimum atomic E-state index is -3.85. The molecule has 204 valence electrons. The second-order valence-corrected chi connectivity index (χ2v) is 13.0. The van der Waals surface area contributed by atoms with Crippen LogP contribution in [-0.2, 0) is 14.8 Å². The highest BCUT2D eigenvalue weighted by Gasteiger charge is 2.41. The fourth-order valence-corrected chi connectivity index (χ4v) is 8.44. The van der Waals surface area contributed by atoms with E-state index in [1.807, 2.05) is 30.3 Å². The van der Waals surface area contributed by atoms with Gasteiger partial charge in [0.25, 0.3) is 0 Å². The molecule has 1 fully saturated rings. The first-order valence-corrected chi connectivity index (χ1v) is 15.0. The first-order chi connectivity index (χ1) is 17.7. The lowest BCUT2D eigenvalue weighted by molar-refractivity contribution is 0.0607. The third-order valence-electron chi connectivity index (χ3n) is 7.49. The number of esters is 1. The van der Waals surface area contributed by atoms with Crippen LogP contribution in [0.4, 0.5) is 17.1 Å². The van der Waals surface area contributed by atoms with E-state index in [9.17, 15) is 13.2 Å². The van der Waals surface area contributed by atoms with Crippen molar-refractivity contribution in [2.45, 2.75) is 43.0 Å². The molecular formula is C27H31Cl2N3O4S2. The third kappa shape index (κ3) is 5.14. The summed E-state index contributed by atoms with van der Waals surface area (Å²) in [7, 11) is -0.868. The molecule has 1 aliphatic carbocycles. The number of hydrogen-bond acceptors (Lipinski definition) is 7. The lowest BCUT2D eigenvalue weighted by atomic mass is 9.83. The van der Waals surface area contributed by atoms with Gasteiger partial charge in [-0.05, 0) is 49.1 Å². The summed E-state index contributed by atoms with van der Waals surface area (Å²) in [6.07, 6.45) is 5.46. The van der Waals surface area contributed by atoms with Crippen LogP contribution in [0, 0.1) is 5.92 Å². The molecule has 2 aliphatic rings. The van der Waals surface area contributed by atoms with Gasteiger partial charge in [0, 0.05) is 35.8 Å². The molecule has 1 aliphatic heterocycles. The molecule has 7 nitrogen and oxygen atoms in total. The summed E-state index contributed by atoms with van der Waals surface area (Å²) in [5.74, 6) is -0.263. The number of para-hydroxylation sites is 1. The summed E-state index contributed by atoms with van der Waals surface area (Å²) in [5.41, 5.74) is 8.30. The summed E-state index contributed by atoms with van der Waals surface area (Å²) in [6.45, 7) is 0.533. The van der Waals surface area contributed by atoms with E-state index in [1.165, 1.54) is 13.5 Å². The zero-order chi connectivity index (χ0) is 26.3. The van der Waals surface area contributed by atoms with Crippen molar-refractivity contribution in [2.75, 3.05) is 31.3 Å². The van der Waals surface area contributed by atoms with Crippen molar-refractivity contribution in [2.24, 2.45) is 5.92 Å². The van der Waals surface area contributed by atoms with Crippen LogP contribution in [0.5, 0.6) is 0 Å². The molecular weight excluding hydrogens is 565 g/mol. The molecule has 38 heavy (non-hydrogen) atoms. The van der Waals surface area contributed by atoms with Gasteiger partial charge >= 0.3 is 5.97 Å². The standard InChI is InChI=1S/C27H30ClN3O4S2.ClH/c1-30-23(17-9-5-3-6-10-17)16-31(18-11-7-4-8-12-18)22-14-20(28)19(13-25(22)37(30,33)34)24-15-21(29)26(36-24)27(32)35-2;/h4,7-8,11-15,17,23H,3,5-6,9-10,16,29H2,1-2H3;1H/t23-;/m0./s1. The van der Waals surface area contributed by atoms with Crippen molar-refractivity contribution in [1.29, 1.82) is 0 Å². The Labute approximate surface area is 239 Å². The molecule has 2 heterocycles. The van der Waals surface area contributed by atoms with E-state index in [0.717, 1.165) is 42.7 Å². The molecule has 0 amide bonds. The molecule has 0 unspecified atom stereocenters. The second-order valence-electron chi connectivity index (χ2n) is 9.62. The van der Waals surface area contributed by atoms with E-state index in [2.05, 4.69) is 4.90 Å². The average Bonchev–Trinajstić information content (AvgIpc) is 3.27. The third-order valence-corrected chi connectivity index (χ3v) is 10.9. The number of benzene rings is 2. The van der Waals surface area contributed by atoms with Crippen molar-refractivity contribution < 1.29 is 17.9 Å². The molecule has 0 saturated heterocycles. The van der Waals surface area contributed by atoms with Crippen LogP contribution in [0.2, 0.25) is 5.02 Å². The number of thiophene rings is 1. The molecule has 1 aromatic heterocycles. The van der Waals surface area contributed by atoms with E-state index in [-0.39, 0.29) is 39.8 Å². The largest absolute Gasteiger partial charge is 0.465 e. The number of rotatable bonds is 4. The number of sulfonamides is 1. The Bertz CT molecular complexity index is 1420. The Hall–Kier alpha value is -2.30. The van der Waals surface area contributed by atoms with Crippen LogP contribution < -0.4 is 10.6 Å². The zero-order valence-corrected chi connectivity index (χ0v) is 24.4. The van der Waals surface area contributed by atoms with Crippen molar-refractivity contribution >= 4 is 68.4 Å². The molecule has 0 spiro atoms. The molecule has 3 aromatic rings. The van der Waals surface area contributed by atoms with Crippen LogP contribution >= 0.6 is 35.3 Å². The Morgan fingerprint density at radius 2 is 1.79 bits per heavy atom. The average molecular weight is 597 g/mol. The number of nitrogens with two attached hydrogens (primary N) is 1. The topological polar surface area (TPSA) is 92.9 Å². The van der Waals surface area contributed by atoms with Crippen LogP contribution in [0.3, 0.4) is 0 Å². The molecule has 2 N–H and O–H groups in total. The molecule has 2 aromatic carbocycles. The van der Waals surface area contributed by atoms with Gasteiger partial charge in [-0.3, -0.25) is 0 Å². The van der Waals surface area contributed by atoms with Gasteiger partial charge in [-0.1, -0.05) is 49.1 Å². The summed E-state index contributed by atoms with van der Waals surface area (Å²) >= 11 is 7.94. The zero-order valence-electron chi connectivity index (χ0n) is 21.2. The predicted molar refractivity (Wildman–Crippen MR) is 157 cm³/mol. The monoisotopic (exact) mass is 595 g/mol. The highest BCUT2D eigenvalue weighted by molar-refractivity contribution is 7.89. The smallest absolute Gasteiger partial charge is 0.350 e. The van der Waals surface area contributed by atoms with E-state index in [0.29, 0.717) is 27.7 Å². The summed E-state index contributed by atoms with van der Waals surface area (Å²) in [6, 6.07) is 14.6. The number of carbonyl (C=O) groups is 1. The van der Waals surface area contributed by atoms with E-state index in [4.69, 9.17) is 22.1 Å². The maximum atomic E-state index is 14.1. The number of fused-ring (bicyclic) bond motifs is 1. The maximum Gasteiger partial charge on any atom is 0.350 e. The van der Waals surface area contributed by atoms with Gasteiger partial charge in [-0.2, -0.15) is 4.31 Å². The lowest BCUT2D eigenvalue weighted by Gasteiger charge is -2.36. The van der Waals surface area contributed by atoms with Gasteiger partial charge in [0.1, 0.15) is 9.77 Å².